The van der Waals surface area contributed by atoms with E-state index in [0.717, 1.165) is 18.4 Å². The van der Waals surface area contributed by atoms with Gasteiger partial charge in [0.05, 0.1) is 11.9 Å². The Hall–Kier alpha value is -3.22. The number of hydrogen-bond donors (Lipinski definition) is 1. The van der Waals surface area contributed by atoms with Crippen LogP contribution in [0.4, 0.5) is 8.78 Å². The van der Waals surface area contributed by atoms with E-state index in [0.29, 0.717) is 11.4 Å². The number of nitrogens with one attached hydrogen (secondary N) is 1. The maximum absolute atomic E-state index is 13.2. The summed E-state index contributed by atoms with van der Waals surface area (Å²) in [6, 6.07) is 11.9. The highest BCUT2D eigenvalue weighted by atomic mass is 19.1. The lowest BCUT2D eigenvalue weighted by Gasteiger charge is -2.06. The van der Waals surface area contributed by atoms with Gasteiger partial charge in [0.25, 0.3) is 5.91 Å². The number of hydrogen-bond acceptors (Lipinski definition) is 3. The summed E-state index contributed by atoms with van der Waals surface area (Å²) in [5, 5.41) is 7.20. The maximum Gasteiger partial charge on any atom is 0.275 e. The summed E-state index contributed by atoms with van der Waals surface area (Å²) in [5.74, 6) is -0.688. The van der Waals surface area contributed by atoms with Gasteiger partial charge in [-0.25, -0.2) is 13.5 Å². The van der Waals surface area contributed by atoms with Crippen molar-refractivity contribution >= 4 is 5.91 Å². The van der Waals surface area contributed by atoms with Crippen LogP contribution in [0.15, 0.2) is 54.7 Å². The largest absolute Gasteiger partial charge is 0.485 e. The molecule has 27 heavy (non-hydrogen) atoms. The molecule has 138 valence electrons. The van der Waals surface area contributed by atoms with Crippen molar-refractivity contribution in [2.24, 2.45) is 0 Å². The van der Waals surface area contributed by atoms with Crippen LogP contribution in [-0.2, 0) is 6.61 Å². The first-order valence-corrected chi connectivity index (χ1v) is 8.62. The summed E-state index contributed by atoms with van der Waals surface area (Å²) in [6.07, 6.45) is 3.49. The number of nitrogens with zero attached hydrogens (tertiary/aromatic N) is 2. The number of benzene rings is 2. The molecule has 0 spiro atoms. The van der Waals surface area contributed by atoms with E-state index in [-0.39, 0.29) is 35.9 Å². The van der Waals surface area contributed by atoms with E-state index in [9.17, 15) is 13.6 Å². The molecule has 1 aliphatic carbocycles. The van der Waals surface area contributed by atoms with Crippen molar-refractivity contribution in [3.8, 4) is 11.4 Å². The molecule has 1 aliphatic rings. The van der Waals surface area contributed by atoms with Gasteiger partial charge in [0.2, 0.25) is 0 Å². The van der Waals surface area contributed by atoms with Crippen LogP contribution < -0.4 is 10.1 Å². The SMILES string of the molecule is O=C(NC1CC1)c1nn(-c2ccc(F)cc2)cc1OCc1ccc(F)cc1. The quantitative estimate of drug-likeness (QED) is 0.722. The fourth-order valence-electron chi connectivity index (χ4n) is 2.57. The predicted molar refractivity (Wildman–Crippen MR) is 94.7 cm³/mol. The van der Waals surface area contributed by atoms with Crippen LogP contribution >= 0.6 is 0 Å². The molecule has 0 radical (unpaired) electrons. The highest BCUT2D eigenvalue weighted by molar-refractivity contribution is 5.95. The minimum atomic E-state index is -0.356. The molecule has 2 aromatic carbocycles. The molecule has 5 nitrogen and oxygen atoms in total. The Morgan fingerprint density at radius 2 is 1.70 bits per heavy atom. The highest BCUT2D eigenvalue weighted by Gasteiger charge is 2.27. The van der Waals surface area contributed by atoms with E-state index in [4.69, 9.17) is 4.74 Å². The summed E-state index contributed by atoms with van der Waals surface area (Å²) in [6.45, 7) is 0.166. The first-order valence-electron chi connectivity index (χ1n) is 8.62. The first kappa shape index (κ1) is 17.2. The number of carbonyl (C=O) groups is 1. The van der Waals surface area contributed by atoms with E-state index in [1.54, 1.807) is 30.5 Å². The van der Waals surface area contributed by atoms with Gasteiger partial charge in [-0.1, -0.05) is 12.1 Å². The molecule has 1 amide bonds. The van der Waals surface area contributed by atoms with Crippen LogP contribution in [0, 0.1) is 11.6 Å². The van der Waals surface area contributed by atoms with Crippen molar-refractivity contribution in [1.82, 2.24) is 15.1 Å². The second kappa shape index (κ2) is 7.19. The molecule has 0 atom stereocenters. The van der Waals surface area contributed by atoms with Gasteiger partial charge in [0, 0.05) is 6.04 Å². The zero-order valence-corrected chi connectivity index (χ0v) is 14.4. The van der Waals surface area contributed by atoms with Crippen molar-refractivity contribution in [3.05, 3.63) is 77.6 Å². The third-order valence-corrected chi connectivity index (χ3v) is 4.21. The third-order valence-electron chi connectivity index (χ3n) is 4.21. The van der Waals surface area contributed by atoms with E-state index < -0.39 is 0 Å². The summed E-state index contributed by atoms with van der Waals surface area (Å²) < 4.78 is 33.4. The van der Waals surface area contributed by atoms with Gasteiger partial charge in [-0.2, -0.15) is 5.10 Å². The number of rotatable bonds is 6. The molecule has 1 N–H and O–H groups in total. The van der Waals surface area contributed by atoms with Crippen molar-refractivity contribution in [2.75, 3.05) is 0 Å². The van der Waals surface area contributed by atoms with Crippen molar-refractivity contribution in [3.63, 3.8) is 0 Å². The second-order valence-corrected chi connectivity index (χ2v) is 6.43. The fraction of sp³-hybridized carbons (Fsp3) is 0.200. The van der Waals surface area contributed by atoms with Crippen molar-refractivity contribution in [2.45, 2.75) is 25.5 Å². The molecule has 1 saturated carbocycles. The minimum Gasteiger partial charge on any atom is -0.485 e. The van der Waals surface area contributed by atoms with E-state index in [1.165, 1.54) is 28.9 Å². The van der Waals surface area contributed by atoms with Gasteiger partial charge in [0.1, 0.15) is 18.2 Å². The molecule has 0 saturated heterocycles. The van der Waals surface area contributed by atoms with Gasteiger partial charge < -0.3 is 10.1 Å². The third kappa shape index (κ3) is 4.13. The number of ether oxygens (including phenoxy) is 1. The van der Waals surface area contributed by atoms with Crippen LogP contribution in [0.5, 0.6) is 5.75 Å². The highest BCUT2D eigenvalue weighted by Crippen LogP contribution is 2.24. The molecule has 1 aromatic heterocycles. The second-order valence-electron chi connectivity index (χ2n) is 6.43. The first-order chi connectivity index (χ1) is 13.1. The van der Waals surface area contributed by atoms with Crippen LogP contribution in [0.1, 0.15) is 28.9 Å². The molecule has 3 aromatic rings. The standard InChI is InChI=1S/C20H17F2N3O2/c21-14-3-1-13(2-4-14)12-27-18-11-25(17-9-5-15(22)6-10-17)24-19(18)20(26)23-16-7-8-16/h1-6,9-11,16H,7-8,12H2,(H,23,26). The van der Waals surface area contributed by atoms with Gasteiger partial charge in [-0.15, -0.1) is 0 Å². The fourth-order valence-corrected chi connectivity index (χ4v) is 2.57. The molecule has 1 heterocycles. The molecule has 0 aliphatic heterocycles. The predicted octanol–water partition coefficient (Wildman–Crippen LogP) is 3.62. The number of carbonyl (C=O) groups excluding carboxylic acids is 1. The molecular formula is C20H17F2N3O2. The Bertz CT molecular complexity index is 948. The zero-order valence-electron chi connectivity index (χ0n) is 14.4. The van der Waals surface area contributed by atoms with Crippen LogP contribution in [0.25, 0.3) is 5.69 Å². The Balaban J connectivity index is 1.59. The minimum absolute atomic E-state index is 0.160. The van der Waals surface area contributed by atoms with Crippen LogP contribution in [-0.4, -0.2) is 21.7 Å². The average molecular weight is 369 g/mol. The Morgan fingerprint density at radius 1 is 1.07 bits per heavy atom. The Kier molecular flexibility index (Phi) is 4.58. The summed E-state index contributed by atoms with van der Waals surface area (Å²) in [7, 11) is 0. The van der Waals surface area contributed by atoms with E-state index >= 15 is 0 Å². The van der Waals surface area contributed by atoms with E-state index in [1.807, 2.05) is 0 Å². The normalized spacial score (nSPS) is 13.4. The smallest absolute Gasteiger partial charge is 0.275 e. The van der Waals surface area contributed by atoms with Gasteiger partial charge >= 0.3 is 0 Å². The van der Waals surface area contributed by atoms with Crippen LogP contribution in [0.2, 0.25) is 0 Å². The van der Waals surface area contributed by atoms with Gasteiger partial charge in [0.15, 0.2) is 11.4 Å². The van der Waals surface area contributed by atoms with Crippen LogP contribution in [0.3, 0.4) is 0 Å². The lowest BCUT2D eigenvalue weighted by Crippen LogP contribution is -2.26. The average Bonchev–Trinajstić information content (AvgIpc) is 3.37. The molecule has 0 bridgehead atoms. The monoisotopic (exact) mass is 369 g/mol. The van der Waals surface area contributed by atoms with Crippen molar-refractivity contribution < 1.29 is 18.3 Å². The number of aromatic nitrogens is 2. The Morgan fingerprint density at radius 3 is 2.33 bits per heavy atom. The number of halogens is 2. The molecular weight excluding hydrogens is 352 g/mol. The number of amides is 1. The summed E-state index contributed by atoms with van der Waals surface area (Å²) >= 11 is 0. The lowest BCUT2D eigenvalue weighted by atomic mass is 10.2. The maximum atomic E-state index is 13.2. The molecule has 4 rings (SSSR count). The van der Waals surface area contributed by atoms with Gasteiger partial charge in [-0.3, -0.25) is 4.79 Å². The van der Waals surface area contributed by atoms with Gasteiger partial charge in [-0.05, 0) is 54.8 Å². The molecule has 1 fully saturated rings. The molecule has 0 unspecified atom stereocenters. The summed E-state index contributed by atoms with van der Waals surface area (Å²) in [4.78, 5) is 12.5. The zero-order chi connectivity index (χ0) is 18.8. The lowest BCUT2D eigenvalue weighted by molar-refractivity contribution is 0.0941. The molecule has 7 heteroatoms. The summed E-state index contributed by atoms with van der Waals surface area (Å²) in [5.41, 5.74) is 1.53. The Labute approximate surface area is 154 Å². The topological polar surface area (TPSA) is 56.2 Å². The van der Waals surface area contributed by atoms with Crippen molar-refractivity contribution in [1.29, 1.82) is 0 Å². The van der Waals surface area contributed by atoms with E-state index in [2.05, 4.69) is 10.4 Å².